The van der Waals surface area contributed by atoms with E-state index in [9.17, 15) is 0 Å². The number of rotatable bonds is 6. The average Bonchev–Trinajstić information content (AvgIpc) is 2.12. The third kappa shape index (κ3) is 6.93. The van der Waals surface area contributed by atoms with E-state index in [-0.39, 0.29) is 0 Å². The van der Waals surface area contributed by atoms with Gasteiger partial charge in [-0.15, -0.1) is 69.6 Å². The molecule has 0 atom stereocenters. The molecule has 0 aliphatic heterocycles. The van der Waals surface area contributed by atoms with Crippen molar-refractivity contribution in [3.05, 3.63) is 34.9 Å². The van der Waals surface area contributed by atoms with Crippen LogP contribution in [0.25, 0.3) is 0 Å². The van der Waals surface area contributed by atoms with Crippen molar-refractivity contribution in [2.45, 2.75) is 33.8 Å². The van der Waals surface area contributed by atoms with Gasteiger partial charge in [0.25, 0.3) is 0 Å². The van der Waals surface area contributed by atoms with Gasteiger partial charge in [0.05, 0.1) is 0 Å². The molecule has 0 saturated carbocycles. The normalized spacial score (nSPS) is 11.8. The first-order chi connectivity index (χ1) is 8.36. The predicted molar refractivity (Wildman–Crippen MR) is 84.0 cm³/mol. The van der Waals surface area contributed by atoms with Crippen molar-refractivity contribution < 1.29 is 0 Å². The molecule has 0 aliphatic rings. The number of alkyl halides is 6. The fourth-order valence-electron chi connectivity index (χ4n) is 1.73. The Morgan fingerprint density at radius 3 is 0.944 bits per heavy atom. The lowest BCUT2D eigenvalue weighted by molar-refractivity contribution is 1.00. The van der Waals surface area contributed by atoms with Crippen LogP contribution in [0.2, 0.25) is 0 Å². The zero-order valence-electron chi connectivity index (χ0n) is 9.35. The van der Waals surface area contributed by atoms with Crippen LogP contribution in [-0.2, 0) is 19.3 Å². The minimum Gasteiger partial charge on any atom is -0.105 e. The van der Waals surface area contributed by atoms with Gasteiger partial charge in [0, 0.05) is 19.3 Å². The van der Waals surface area contributed by atoms with Crippen molar-refractivity contribution in [3.8, 4) is 0 Å². The Labute approximate surface area is 137 Å². The van der Waals surface area contributed by atoms with Crippen molar-refractivity contribution in [1.82, 2.24) is 0 Å². The summed E-state index contributed by atoms with van der Waals surface area (Å²) >= 11 is 34.7. The quantitative estimate of drug-likeness (QED) is 0.563. The lowest BCUT2D eigenvalue weighted by atomic mass is 10.0. The highest BCUT2D eigenvalue weighted by molar-refractivity contribution is 6.45. The second-order valence-corrected chi connectivity index (χ2v) is 7.77. The molecule has 0 aliphatic carbocycles. The van der Waals surface area contributed by atoms with Crippen LogP contribution in [0.5, 0.6) is 0 Å². The van der Waals surface area contributed by atoms with Crippen molar-refractivity contribution in [2.75, 3.05) is 0 Å². The van der Waals surface area contributed by atoms with E-state index in [0.29, 0.717) is 19.3 Å². The Balaban J connectivity index is 2.95. The highest BCUT2D eigenvalue weighted by atomic mass is 35.5. The first-order valence-electron chi connectivity index (χ1n) is 5.33. The summed E-state index contributed by atoms with van der Waals surface area (Å²) in [6, 6.07) is 5.99. The molecule has 0 unspecified atom stereocenters. The molecule has 6 heteroatoms. The van der Waals surface area contributed by atoms with Gasteiger partial charge in [-0.1, -0.05) is 18.2 Å². The molecule has 1 aromatic carbocycles. The molecule has 0 amide bonds. The minimum atomic E-state index is -0.446. The van der Waals surface area contributed by atoms with E-state index in [1.807, 2.05) is 18.2 Å². The summed E-state index contributed by atoms with van der Waals surface area (Å²) in [6.45, 7) is 0. The second kappa shape index (κ2) is 8.29. The number of benzene rings is 1. The highest BCUT2D eigenvalue weighted by Gasteiger charge is 2.10. The Morgan fingerprint density at radius 1 is 0.556 bits per heavy atom. The van der Waals surface area contributed by atoms with Gasteiger partial charge >= 0.3 is 0 Å². The smallest absolute Gasteiger partial charge is 0.105 e. The molecule has 0 radical (unpaired) electrons. The standard InChI is InChI=1S/C12H12Cl6/c13-10(14)4-7-1-8(5-11(15)16)3-9(2-7)6-12(17)18/h1-3,10-12H,4-6H2. The van der Waals surface area contributed by atoms with Crippen LogP contribution in [0.1, 0.15) is 16.7 Å². The molecule has 0 spiro atoms. The van der Waals surface area contributed by atoms with Gasteiger partial charge in [-0.2, -0.15) is 0 Å². The molecule has 0 heterocycles. The molecule has 0 saturated heterocycles. The topological polar surface area (TPSA) is 0 Å². The molecule has 0 aromatic heterocycles. The molecule has 0 fully saturated rings. The Hall–Kier alpha value is 0.960. The Morgan fingerprint density at radius 2 is 0.778 bits per heavy atom. The number of hydrogen-bond acceptors (Lipinski definition) is 0. The number of halogens is 6. The summed E-state index contributed by atoms with van der Waals surface area (Å²) in [7, 11) is 0. The van der Waals surface area contributed by atoms with E-state index in [4.69, 9.17) is 69.6 Å². The lowest BCUT2D eigenvalue weighted by Crippen LogP contribution is -2.03. The third-order valence-electron chi connectivity index (χ3n) is 2.28. The van der Waals surface area contributed by atoms with E-state index in [1.165, 1.54) is 0 Å². The van der Waals surface area contributed by atoms with Crippen molar-refractivity contribution in [1.29, 1.82) is 0 Å². The maximum Gasteiger partial charge on any atom is 0.111 e. The summed E-state index contributed by atoms with van der Waals surface area (Å²) in [5, 5.41) is 0. The fraction of sp³-hybridized carbons (Fsp3) is 0.500. The molecular weight excluding hydrogens is 357 g/mol. The summed E-state index contributed by atoms with van der Waals surface area (Å²) in [6.07, 6.45) is 1.69. The summed E-state index contributed by atoms with van der Waals surface area (Å²) in [5.41, 5.74) is 3.08. The van der Waals surface area contributed by atoms with E-state index >= 15 is 0 Å². The van der Waals surface area contributed by atoms with Gasteiger partial charge in [-0.3, -0.25) is 0 Å². The van der Waals surface area contributed by atoms with Crippen LogP contribution in [0.4, 0.5) is 0 Å². The Bertz CT molecular complexity index is 305. The second-order valence-electron chi connectivity index (χ2n) is 3.94. The van der Waals surface area contributed by atoms with Crippen molar-refractivity contribution >= 4 is 69.6 Å². The number of hydrogen-bond donors (Lipinski definition) is 0. The lowest BCUT2D eigenvalue weighted by Gasteiger charge is -2.11. The van der Waals surface area contributed by atoms with Crippen LogP contribution in [-0.4, -0.2) is 14.5 Å². The summed E-state index contributed by atoms with van der Waals surface area (Å²) in [4.78, 5) is -1.34. The molecule has 1 aromatic rings. The first kappa shape index (κ1) is 17.0. The van der Waals surface area contributed by atoms with E-state index in [2.05, 4.69) is 0 Å². The van der Waals surface area contributed by atoms with E-state index < -0.39 is 14.5 Å². The van der Waals surface area contributed by atoms with Crippen molar-refractivity contribution in [2.24, 2.45) is 0 Å². The van der Waals surface area contributed by atoms with Gasteiger partial charge in [-0.05, 0) is 16.7 Å². The SMILES string of the molecule is ClC(Cl)Cc1cc(CC(Cl)Cl)cc(CC(Cl)Cl)c1. The Kier molecular flexibility index (Phi) is 7.84. The van der Waals surface area contributed by atoms with Gasteiger partial charge in [0.15, 0.2) is 0 Å². The zero-order chi connectivity index (χ0) is 13.7. The third-order valence-corrected chi connectivity index (χ3v) is 3.21. The van der Waals surface area contributed by atoms with Gasteiger partial charge in [0.2, 0.25) is 0 Å². The largest absolute Gasteiger partial charge is 0.111 e. The predicted octanol–water partition coefficient (Wildman–Crippen LogP) is 5.73. The molecule has 0 bridgehead atoms. The summed E-state index contributed by atoms with van der Waals surface area (Å²) in [5.74, 6) is 0. The maximum absolute atomic E-state index is 5.79. The van der Waals surface area contributed by atoms with Crippen LogP contribution in [0.3, 0.4) is 0 Å². The molecule has 18 heavy (non-hydrogen) atoms. The van der Waals surface area contributed by atoms with Crippen LogP contribution < -0.4 is 0 Å². The van der Waals surface area contributed by atoms with Crippen LogP contribution in [0.15, 0.2) is 18.2 Å². The molecular formula is C12H12Cl6. The van der Waals surface area contributed by atoms with Gasteiger partial charge < -0.3 is 0 Å². The zero-order valence-corrected chi connectivity index (χ0v) is 13.9. The molecule has 0 N–H and O–H groups in total. The van der Waals surface area contributed by atoms with E-state index in [0.717, 1.165) is 16.7 Å². The molecule has 0 nitrogen and oxygen atoms in total. The van der Waals surface area contributed by atoms with E-state index in [1.54, 1.807) is 0 Å². The fourth-order valence-corrected chi connectivity index (χ4v) is 2.80. The monoisotopic (exact) mass is 366 g/mol. The highest BCUT2D eigenvalue weighted by Crippen LogP contribution is 2.21. The molecule has 102 valence electrons. The van der Waals surface area contributed by atoms with Gasteiger partial charge in [0.1, 0.15) is 14.5 Å². The maximum atomic E-state index is 5.79. The van der Waals surface area contributed by atoms with Crippen LogP contribution >= 0.6 is 69.6 Å². The minimum absolute atomic E-state index is 0.446. The summed E-state index contributed by atoms with van der Waals surface area (Å²) < 4.78 is 0. The van der Waals surface area contributed by atoms with Crippen LogP contribution in [0, 0.1) is 0 Å². The molecule has 1 rings (SSSR count). The average molecular weight is 369 g/mol. The van der Waals surface area contributed by atoms with Crippen molar-refractivity contribution in [3.63, 3.8) is 0 Å². The first-order valence-corrected chi connectivity index (χ1v) is 7.95. The van der Waals surface area contributed by atoms with Gasteiger partial charge in [-0.25, -0.2) is 0 Å².